The first-order chi connectivity index (χ1) is 15.6. The van der Waals surface area contributed by atoms with Gasteiger partial charge < -0.3 is 4.74 Å². The Hall–Kier alpha value is -3.24. The summed E-state index contributed by atoms with van der Waals surface area (Å²) < 4.78 is 30.6. The molecule has 0 unspecified atom stereocenters. The van der Waals surface area contributed by atoms with E-state index in [1.165, 1.54) is 28.8 Å². The number of ether oxygens (including phenoxy) is 1. The highest BCUT2D eigenvalue weighted by Gasteiger charge is 2.28. The summed E-state index contributed by atoms with van der Waals surface area (Å²) in [6.07, 6.45) is 0.747. The van der Waals surface area contributed by atoms with Crippen LogP contribution in [-0.4, -0.2) is 38.1 Å². The van der Waals surface area contributed by atoms with E-state index in [0.717, 1.165) is 16.0 Å². The molecule has 0 saturated heterocycles. The number of amides is 1. The summed E-state index contributed by atoms with van der Waals surface area (Å²) in [6.45, 7) is 3.58. The second-order valence-corrected chi connectivity index (χ2v) is 10.9. The Labute approximate surface area is 196 Å². The highest BCUT2D eigenvalue weighted by molar-refractivity contribution is 7.92. The van der Waals surface area contributed by atoms with Crippen LogP contribution >= 0.6 is 11.3 Å². The molecule has 8 nitrogen and oxygen atoms in total. The summed E-state index contributed by atoms with van der Waals surface area (Å²) in [5.74, 6) is -1.05. The lowest BCUT2D eigenvalue weighted by Crippen LogP contribution is -2.27. The first-order valence-corrected chi connectivity index (χ1v) is 12.9. The third-order valence-electron chi connectivity index (χ3n) is 5.26. The van der Waals surface area contributed by atoms with Crippen LogP contribution in [0.4, 0.5) is 10.8 Å². The topological polar surface area (TPSA) is 106 Å². The molecule has 1 aliphatic rings. The summed E-state index contributed by atoms with van der Waals surface area (Å²) in [4.78, 5) is 29.9. The molecule has 172 valence electrons. The number of aryl methyl sites for hydroxylation is 1. The minimum absolute atomic E-state index is 0.388. The van der Waals surface area contributed by atoms with Gasteiger partial charge in [-0.05, 0) is 31.0 Å². The third-order valence-corrected chi connectivity index (χ3v) is 7.32. The van der Waals surface area contributed by atoms with Crippen molar-refractivity contribution in [2.75, 3.05) is 22.4 Å². The third kappa shape index (κ3) is 4.91. The van der Waals surface area contributed by atoms with Crippen molar-refractivity contribution in [2.45, 2.75) is 26.4 Å². The van der Waals surface area contributed by atoms with E-state index in [2.05, 4.69) is 10.3 Å². The van der Waals surface area contributed by atoms with Gasteiger partial charge in [-0.2, -0.15) is 0 Å². The number of anilines is 2. The smallest absolute Gasteiger partial charge is 0.303 e. The van der Waals surface area contributed by atoms with Crippen LogP contribution in [0.15, 0.2) is 48.5 Å². The number of nitrogens with zero attached hydrogens (tertiary/aromatic N) is 2. The van der Waals surface area contributed by atoms with Crippen molar-refractivity contribution in [3.63, 3.8) is 0 Å². The monoisotopic (exact) mass is 485 g/mol. The summed E-state index contributed by atoms with van der Waals surface area (Å²) in [7, 11) is -3.31. The first-order valence-electron chi connectivity index (χ1n) is 10.2. The normalized spacial score (nSPS) is 14.0. The largest absolute Gasteiger partial charge is 0.447 e. The molecule has 0 aliphatic carbocycles. The fourth-order valence-corrected chi connectivity index (χ4v) is 5.62. The second-order valence-electron chi connectivity index (χ2n) is 7.74. The molecule has 2 heterocycles. The molecule has 0 spiro atoms. The number of hydrogen-bond acceptors (Lipinski definition) is 7. The van der Waals surface area contributed by atoms with Gasteiger partial charge in [0.1, 0.15) is 0 Å². The maximum atomic E-state index is 12.9. The molecular weight excluding hydrogens is 462 g/mol. The molecule has 1 aromatic heterocycles. The van der Waals surface area contributed by atoms with Gasteiger partial charge in [0, 0.05) is 29.5 Å². The molecule has 0 fully saturated rings. The quantitative estimate of drug-likeness (QED) is 0.534. The number of hydrogen-bond donors (Lipinski definition) is 1. The number of sulfonamides is 1. The molecule has 2 aromatic carbocycles. The van der Waals surface area contributed by atoms with Crippen LogP contribution in [0.25, 0.3) is 11.3 Å². The first kappa shape index (κ1) is 22.9. The van der Waals surface area contributed by atoms with Gasteiger partial charge in [-0.15, -0.1) is 11.3 Å². The number of aromatic nitrogens is 1. The Morgan fingerprint density at radius 2 is 1.91 bits per heavy atom. The number of fused-ring (bicyclic) bond motifs is 1. The lowest BCUT2D eigenvalue weighted by atomic mass is 10.1. The summed E-state index contributed by atoms with van der Waals surface area (Å²) in [5.41, 5.74) is 3.75. The standard InChI is InChI=1S/C23H23N3O5S2/c1-14-20(18-9-10-19-17(13-18)11-12-26(19)33(3,29)30)24-23(32-14)25-22(28)21(31-15(2)27)16-7-5-4-6-8-16/h4-10,13,21H,11-12H2,1-3H3,(H,24,25,28)/t21-/m1/s1. The van der Waals surface area contributed by atoms with Crippen molar-refractivity contribution in [3.8, 4) is 11.3 Å². The fourth-order valence-electron chi connectivity index (χ4n) is 3.82. The van der Waals surface area contributed by atoms with Crippen LogP contribution in [0.2, 0.25) is 0 Å². The van der Waals surface area contributed by atoms with E-state index < -0.39 is 28.0 Å². The zero-order chi connectivity index (χ0) is 23.8. The zero-order valence-electron chi connectivity index (χ0n) is 18.4. The van der Waals surface area contributed by atoms with Crippen molar-refractivity contribution in [3.05, 3.63) is 64.5 Å². The fraction of sp³-hybridized carbons (Fsp3) is 0.261. The lowest BCUT2D eigenvalue weighted by molar-refractivity contribution is -0.152. The number of rotatable bonds is 6. The highest BCUT2D eigenvalue weighted by atomic mass is 32.2. The SMILES string of the molecule is CC(=O)O[C@@H](C(=O)Nc1nc(-c2ccc3c(c2)CCN3S(C)(=O)=O)c(C)s1)c1ccccc1. The number of carbonyl (C=O) groups is 2. The number of benzene rings is 2. The summed E-state index contributed by atoms with van der Waals surface area (Å²) >= 11 is 1.32. The predicted molar refractivity (Wildman–Crippen MR) is 128 cm³/mol. The molecule has 0 bridgehead atoms. The molecule has 10 heteroatoms. The van der Waals surface area contributed by atoms with Gasteiger partial charge in [0.2, 0.25) is 16.1 Å². The number of thiazole rings is 1. The molecule has 1 atom stereocenters. The van der Waals surface area contributed by atoms with E-state index in [1.807, 2.05) is 25.1 Å². The van der Waals surface area contributed by atoms with Gasteiger partial charge in [0.25, 0.3) is 5.91 Å². The highest BCUT2D eigenvalue weighted by Crippen LogP contribution is 2.36. The number of carbonyl (C=O) groups excluding carboxylic acids is 2. The van der Waals surface area contributed by atoms with E-state index in [0.29, 0.717) is 35.0 Å². The average Bonchev–Trinajstić information content (AvgIpc) is 3.35. The van der Waals surface area contributed by atoms with E-state index in [1.54, 1.807) is 30.3 Å². The predicted octanol–water partition coefficient (Wildman–Crippen LogP) is 3.68. The molecule has 1 aliphatic heterocycles. The maximum Gasteiger partial charge on any atom is 0.303 e. The van der Waals surface area contributed by atoms with Gasteiger partial charge in [-0.1, -0.05) is 36.4 Å². The Morgan fingerprint density at radius 3 is 2.58 bits per heavy atom. The molecule has 3 aromatic rings. The van der Waals surface area contributed by atoms with Crippen LogP contribution in [0.5, 0.6) is 0 Å². The van der Waals surface area contributed by atoms with E-state index in [9.17, 15) is 18.0 Å². The van der Waals surface area contributed by atoms with Gasteiger partial charge in [0.15, 0.2) is 5.13 Å². The number of nitrogens with one attached hydrogen (secondary N) is 1. The van der Waals surface area contributed by atoms with Crippen molar-refractivity contribution < 1.29 is 22.7 Å². The van der Waals surface area contributed by atoms with Crippen molar-refractivity contribution in [1.29, 1.82) is 0 Å². The molecule has 0 saturated carbocycles. The Morgan fingerprint density at radius 1 is 1.18 bits per heavy atom. The van der Waals surface area contributed by atoms with Crippen LogP contribution in [0.3, 0.4) is 0 Å². The Kier molecular flexibility index (Phi) is 6.22. The molecule has 1 amide bonds. The Balaban J connectivity index is 1.58. The van der Waals surface area contributed by atoms with Crippen molar-refractivity contribution in [2.24, 2.45) is 0 Å². The van der Waals surface area contributed by atoms with E-state index >= 15 is 0 Å². The molecular formula is C23H23N3O5S2. The van der Waals surface area contributed by atoms with Gasteiger partial charge in [-0.25, -0.2) is 13.4 Å². The average molecular weight is 486 g/mol. The molecule has 0 radical (unpaired) electrons. The van der Waals surface area contributed by atoms with Crippen LogP contribution in [0, 0.1) is 6.92 Å². The van der Waals surface area contributed by atoms with Crippen molar-refractivity contribution >= 4 is 44.1 Å². The van der Waals surface area contributed by atoms with E-state index in [-0.39, 0.29) is 0 Å². The van der Waals surface area contributed by atoms with Gasteiger partial charge in [0.05, 0.1) is 17.6 Å². The zero-order valence-corrected chi connectivity index (χ0v) is 20.0. The maximum absolute atomic E-state index is 12.9. The Bertz CT molecular complexity index is 1320. The molecule has 1 N–H and O–H groups in total. The summed E-state index contributed by atoms with van der Waals surface area (Å²) in [5, 5.41) is 3.15. The summed E-state index contributed by atoms with van der Waals surface area (Å²) in [6, 6.07) is 14.4. The van der Waals surface area contributed by atoms with Crippen LogP contribution in [0.1, 0.15) is 29.0 Å². The van der Waals surface area contributed by atoms with Crippen molar-refractivity contribution in [1.82, 2.24) is 4.98 Å². The molecule has 33 heavy (non-hydrogen) atoms. The molecule has 4 rings (SSSR count). The minimum Gasteiger partial charge on any atom is -0.447 e. The second kappa shape index (κ2) is 8.95. The minimum atomic E-state index is -3.31. The van der Waals surface area contributed by atoms with E-state index in [4.69, 9.17) is 4.74 Å². The van der Waals surface area contributed by atoms with Crippen LogP contribution in [-0.2, 0) is 30.8 Å². The number of esters is 1. The van der Waals surface area contributed by atoms with Gasteiger partial charge >= 0.3 is 5.97 Å². The lowest BCUT2D eigenvalue weighted by Gasteiger charge is -2.16. The van der Waals surface area contributed by atoms with Crippen LogP contribution < -0.4 is 9.62 Å². The van der Waals surface area contributed by atoms with Gasteiger partial charge in [-0.3, -0.25) is 19.2 Å².